The van der Waals surface area contributed by atoms with Gasteiger partial charge in [0.15, 0.2) is 0 Å². The SMILES string of the molecule is Cc1cc(-n2cccc(C)c2=O)ccn1. The smallest absolute Gasteiger partial charge is 0.257 e. The molecule has 3 nitrogen and oxygen atoms in total. The van der Waals surface area contributed by atoms with Crippen molar-refractivity contribution in [1.82, 2.24) is 9.55 Å². The van der Waals surface area contributed by atoms with Crippen LogP contribution in [-0.2, 0) is 0 Å². The molecule has 2 aromatic heterocycles. The zero-order valence-corrected chi connectivity index (χ0v) is 8.77. The van der Waals surface area contributed by atoms with Crippen molar-refractivity contribution in [3.63, 3.8) is 0 Å². The quantitative estimate of drug-likeness (QED) is 0.704. The van der Waals surface area contributed by atoms with Gasteiger partial charge in [0.1, 0.15) is 0 Å². The molecule has 0 fully saturated rings. The second kappa shape index (κ2) is 3.69. The lowest BCUT2D eigenvalue weighted by atomic mass is 10.3. The van der Waals surface area contributed by atoms with Crippen LogP contribution in [-0.4, -0.2) is 9.55 Å². The van der Waals surface area contributed by atoms with Gasteiger partial charge in [0.25, 0.3) is 5.56 Å². The van der Waals surface area contributed by atoms with Gasteiger partial charge in [-0.2, -0.15) is 0 Å². The monoisotopic (exact) mass is 200 g/mol. The number of aromatic nitrogens is 2. The molecule has 0 radical (unpaired) electrons. The molecule has 0 amide bonds. The van der Waals surface area contributed by atoms with Gasteiger partial charge >= 0.3 is 0 Å². The summed E-state index contributed by atoms with van der Waals surface area (Å²) in [6.07, 6.45) is 3.48. The predicted octanol–water partition coefficient (Wildman–Crippen LogP) is 1.85. The maximum absolute atomic E-state index is 11.8. The highest BCUT2D eigenvalue weighted by atomic mass is 16.1. The van der Waals surface area contributed by atoms with Crippen molar-refractivity contribution in [2.45, 2.75) is 13.8 Å². The second-order valence-corrected chi connectivity index (χ2v) is 3.52. The molecule has 2 heterocycles. The molecule has 0 saturated heterocycles. The molecule has 0 saturated carbocycles. The van der Waals surface area contributed by atoms with Gasteiger partial charge in [-0.05, 0) is 32.0 Å². The zero-order valence-electron chi connectivity index (χ0n) is 8.77. The second-order valence-electron chi connectivity index (χ2n) is 3.52. The number of hydrogen-bond acceptors (Lipinski definition) is 2. The Morgan fingerprint density at radius 2 is 2.07 bits per heavy atom. The van der Waals surface area contributed by atoms with Crippen molar-refractivity contribution >= 4 is 0 Å². The molecule has 15 heavy (non-hydrogen) atoms. The number of aryl methyl sites for hydroxylation is 2. The lowest BCUT2D eigenvalue weighted by Gasteiger charge is -2.06. The first-order valence-corrected chi connectivity index (χ1v) is 4.80. The van der Waals surface area contributed by atoms with Crippen molar-refractivity contribution in [2.75, 3.05) is 0 Å². The number of pyridine rings is 2. The van der Waals surface area contributed by atoms with Gasteiger partial charge in [0, 0.05) is 23.7 Å². The van der Waals surface area contributed by atoms with Gasteiger partial charge in [-0.15, -0.1) is 0 Å². The first-order valence-electron chi connectivity index (χ1n) is 4.80. The molecule has 0 aliphatic heterocycles. The Morgan fingerprint density at radius 1 is 1.27 bits per heavy atom. The summed E-state index contributed by atoms with van der Waals surface area (Å²) in [5.74, 6) is 0. The third-order valence-electron chi connectivity index (χ3n) is 2.30. The first kappa shape index (κ1) is 9.65. The third-order valence-corrected chi connectivity index (χ3v) is 2.30. The average molecular weight is 200 g/mol. The van der Waals surface area contributed by atoms with E-state index < -0.39 is 0 Å². The van der Waals surface area contributed by atoms with E-state index in [1.165, 1.54) is 0 Å². The average Bonchev–Trinajstić information content (AvgIpc) is 2.22. The largest absolute Gasteiger partial charge is 0.284 e. The van der Waals surface area contributed by atoms with Crippen LogP contribution in [0.25, 0.3) is 5.69 Å². The molecule has 0 aliphatic carbocycles. The third kappa shape index (κ3) is 1.81. The summed E-state index contributed by atoms with van der Waals surface area (Å²) in [4.78, 5) is 15.9. The molecule has 76 valence electrons. The molecule has 0 unspecified atom stereocenters. The van der Waals surface area contributed by atoms with Crippen LogP contribution >= 0.6 is 0 Å². The van der Waals surface area contributed by atoms with Crippen molar-refractivity contribution in [3.05, 3.63) is 58.3 Å². The van der Waals surface area contributed by atoms with E-state index in [2.05, 4.69) is 4.98 Å². The predicted molar refractivity (Wildman–Crippen MR) is 59.3 cm³/mol. The summed E-state index contributed by atoms with van der Waals surface area (Å²) in [6, 6.07) is 7.40. The minimum absolute atomic E-state index is 0.0168. The Bertz CT molecular complexity index is 543. The molecular weight excluding hydrogens is 188 g/mol. The van der Waals surface area contributed by atoms with E-state index in [4.69, 9.17) is 0 Å². The van der Waals surface area contributed by atoms with Gasteiger partial charge in [-0.25, -0.2) is 0 Å². The van der Waals surface area contributed by atoms with Crippen LogP contribution in [0.1, 0.15) is 11.3 Å². The molecule has 0 bridgehead atoms. The Kier molecular flexibility index (Phi) is 2.37. The van der Waals surface area contributed by atoms with Gasteiger partial charge in [-0.1, -0.05) is 6.07 Å². The van der Waals surface area contributed by atoms with E-state index in [-0.39, 0.29) is 5.56 Å². The minimum atomic E-state index is 0.0168. The summed E-state index contributed by atoms with van der Waals surface area (Å²) in [7, 11) is 0. The van der Waals surface area contributed by atoms with Crippen LogP contribution in [0.5, 0.6) is 0 Å². The lowest BCUT2D eigenvalue weighted by molar-refractivity contribution is 0.960. The minimum Gasteiger partial charge on any atom is -0.284 e. The first-order chi connectivity index (χ1) is 7.18. The fourth-order valence-electron chi connectivity index (χ4n) is 1.49. The fraction of sp³-hybridized carbons (Fsp3) is 0.167. The standard InChI is InChI=1S/C12H12N2O/c1-9-4-3-7-14(12(9)15)11-5-6-13-10(2)8-11/h3-8H,1-2H3. The Balaban J connectivity index is 2.65. The van der Waals surface area contributed by atoms with E-state index >= 15 is 0 Å². The summed E-state index contributed by atoms with van der Waals surface area (Å²) in [6.45, 7) is 3.72. The summed E-state index contributed by atoms with van der Waals surface area (Å²) < 4.78 is 1.63. The zero-order chi connectivity index (χ0) is 10.8. The van der Waals surface area contributed by atoms with Gasteiger partial charge in [0.05, 0.1) is 5.69 Å². The molecule has 0 N–H and O–H groups in total. The maximum Gasteiger partial charge on any atom is 0.257 e. The molecule has 0 atom stereocenters. The molecule has 0 aromatic carbocycles. The molecule has 0 aliphatic rings. The Labute approximate surface area is 88.0 Å². The molecule has 0 spiro atoms. The van der Waals surface area contributed by atoms with Gasteiger partial charge in [-0.3, -0.25) is 14.3 Å². The lowest BCUT2D eigenvalue weighted by Crippen LogP contribution is -2.19. The maximum atomic E-state index is 11.8. The van der Waals surface area contributed by atoms with Crippen molar-refractivity contribution in [1.29, 1.82) is 0 Å². The highest BCUT2D eigenvalue weighted by molar-refractivity contribution is 5.33. The number of hydrogen-bond donors (Lipinski definition) is 0. The van der Waals surface area contributed by atoms with Crippen LogP contribution in [0.4, 0.5) is 0 Å². The number of rotatable bonds is 1. The van der Waals surface area contributed by atoms with Gasteiger partial charge < -0.3 is 0 Å². The van der Waals surface area contributed by atoms with Crippen LogP contribution < -0.4 is 5.56 Å². The van der Waals surface area contributed by atoms with E-state index in [1.807, 2.05) is 38.1 Å². The van der Waals surface area contributed by atoms with Crippen molar-refractivity contribution in [2.24, 2.45) is 0 Å². The highest BCUT2D eigenvalue weighted by Crippen LogP contribution is 2.05. The summed E-state index contributed by atoms with van der Waals surface area (Å²) >= 11 is 0. The molecule has 2 rings (SSSR count). The van der Waals surface area contributed by atoms with Crippen LogP contribution in [0, 0.1) is 13.8 Å². The van der Waals surface area contributed by atoms with Crippen LogP contribution in [0.15, 0.2) is 41.5 Å². The topological polar surface area (TPSA) is 34.9 Å². The Morgan fingerprint density at radius 3 is 2.80 bits per heavy atom. The van der Waals surface area contributed by atoms with E-state index in [0.717, 1.165) is 16.9 Å². The summed E-state index contributed by atoms with van der Waals surface area (Å²) in [5, 5.41) is 0. The normalized spacial score (nSPS) is 10.3. The molecule has 3 heteroatoms. The summed E-state index contributed by atoms with van der Waals surface area (Å²) in [5.41, 5.74) is 2.52. The molecule has 2 aromatic rings. The van der Waals surface area contributed by atoms with E-state index in [1.54, 1.807) is 17.0 Å². The van der Waals surface area contributed by atoms with Crippen LogP contribution in [0.2, 0.25) is 0 Å². The molecular formula is C12H12N2O. The van der Waals surface area contributed by atoms with Gasteiger partial charge in [0.2, 0.25) is 0 Å². The fourth-order valence-corrected chi connectivity index (χ4v) is 1.49. The highest BCUT2D eigenvalue weighted by Gasteiger charge is 2.01. The van der Waals surface area contributed by atoms with Crippen molar-refractivity contribution in [3.8, 4) is 5.69 Å². The van der Waals surface area contributed by atoms with E-state index in [0.29, 0.717) is 0 Å². The number of nitrogens with zero attached hydrogens (tertiary/aromatic N) is 2. The van der Waals surface area contributed by atoms with Crippen molar-refractivity contribution < 1.29 is 0 Å². The van der Waals surface area contributed by atoms with E-state index in [9.17, 15) is 4.79 Å². The Hall–Kier alpha value is -1.90. The van der Waals surface area contributed by atoms with Crippen LogP contribution in [0.3, 0.4) is 0 Å².